The summed E-state index contributed by atoms with van der Waals surface area (Å²) in [6, 6.07) is -0.987. The van der Waals surface area contributed by atoms with Gasteiger partial charge in [0.15, 0.2) is 0 Å². The molecule has 0 saturated heterocycles. The van der Waals surface area contributed by atoms with Gasteiger partial charge in [-0.3, -0.25) is 18.9 Å². The van der Waals surface area contributed by atoms with Crippen LogP contribution in [0.2, 0.25) is 0 Å². The van der Waals surface area contributed by atoms with Gasteiger partial charge in [0.05, 0.1) is 6.04 Å². The SMILES string of the molecule is CC(=O)OC[C@H](CSC[C@H](N)C(=O)NCCCC(F)(F)P(=O)(O)O)OC(C)=O. The number of alkyl halides is 2. The lowest BCUT2D eigenvalue weighted by atomic mass is 10.3. The molecule has 0 rings (SSSR count). The molecule has 0 saturated carbocycles. The van der Waals surface area contributed by atoms with Crippen LogP contribution in [0.15, 0.2) is 0 Å². The summed E-state index contributed by atoms with van der Waals surface area (Å²) in [5, 5.41) is 2.30. The first-order valence-electron chi connectivity index (χ1n) is 8.11. The van der Waals surface area contributed by atoms with Gasteiger partial charge < -0.3 is 30.3 Å². The highest BCUT2D eigenvalue weighted by molar-refractivity contribution is 7.99. The molecule has 0 radical (unpaired) electrons. The number of amides is 1. The summed E-state index contributed by atoms with van der Waals surface area (Å²) in [6.07, 6.45) is -2.14. The fourth-order valence-corrected chi connectivity index (χ4v) is 3.17. The molecule has 0 aliphatic carbocycles. The Bertz CT molecular complexity index is 590. The van der Waals surface area contributed by atoms with Crippen molar-refractivity contribution in [1.82, 2.24) is 5.32 Å². The van der Waals surface area contributed by atoms with E-state index in [1.54, 1.807) is 0 Å². The fourth-order valence-electron chi connectivity index (χ4n) is 1.75. The molecule has 0 aromatic carbocycles. The number of carbonyl (C=O) groups is 3. The summed E-state index contributed by atoms with van der Waals surface area (Å²) in [7, 11) is -5.54. The summed E-state index contributed by atoms with van der Waals surface area (Å²) in [6.45, 7) is 2.03. The van der Waals surface area contributed by atoms with E-state index in [2.05, 4.69) is 5.32 Å². The molecule has 0 unspecified atom stereocenters. The molecule has 2 atom stereocenters. The van der Waals surface area contributed by atoms with Crippen molar-refractivity contribution in [2.75, 3.05) is 24.7 Å². The van der Waals surface area contributed by atoms with E-state index in [4.69, 9.17) is 25.0 Å². The highest BCUT2D eigenvalue weighted by atomic mass is 32.2. The third kappa shape index (κ3) is 11.5. The number of hydrogen-bond donors (Lipinski definition) is 4. The number of ether oxygens (including phenoxy) is 2. The Kier molecular flexibility index (Phi) is 11.8. The molecular formula is C14H25F2N2O8PS. The van der Waals surface area contributed by atoms with Crippen molar-refractivity contribution >= 4 is 37.2 Å². The van der Waals surface area contributed by atoms with E-state index < -0.39 is 49.7 Å². The molecule has 0 bridgehead atoms. The first-order valence-corrected chi connectivity index (χ1v) is 10.9. The number of esters is 2. The molecule has 28 heavy (non-hydrogen) atoms. The number of thioether (sulfide) groups is 1. The predicted octanol–water partition coefficient (Wildman–Crippen LogP) is 0.209. The van der Waals surface area contributed by atoms with E-state index in [-0.39, 0.29) is 31.1 Å². The first kappa shape index (κ1) is 26.7. The number of carbonyl (C=O) groups excluding carboxylic acids is 3. The van der Waals surface area contributed by atoms with Gasteiger partial charge in [-0.05, 0) is 6.42 Å². The molecule has 1 amide bonds. The molecule has 0 fully saturated rings. The Morgan fingerprint density at radius 3 is 2.32 bits per heavy atom. The van der Waals surface area contributed by atoms with Crippen molar-refractivity contribution in [2.24, 2.45) is 5.73 Å². The van der Waals surface area contributed by atoms with Crippen molar-refractivity contribution in [3.63, 3.8) is 0 Å². The Morgan fingerprint density at radius 1 is 1.21 bits per heavy atom. The molecule has 0 heterocycles. The maximum atomic E-state index is 13.1. The van der Waals surface area contributed by atoms with Gasteiger partial charge in [-0.2, -0.15) is 20.5 Å². The van der Waals surface area contributed by atoms with Crippen LogP contribution < -0.4 is 11.1 Å². The fraction of sp³-hybridized carbons (Fsp3) is 0.786. The number of hydrogen-bond acceptors (Lipinski definition) is 8. The second kappa shape index (κ2) is 12.3. The topological polar surface area (TPSA) is 165 Å². The van der Waals surface area contributed by atoms with Crippen LogP contribution in [-0.2, 0) is 28.4 Å². The summed E-state index contributed by atoms with van der Waals surface area (Å²) in [5.74, 6) is -1.41. The minimum Gasteiger partial charge on any atom is -0.462 e. The lowest BCUT2D eigenvalue weighted by molar-refractivity contribution is -0.154. The first-order chi connectivity index (χ1) is 12.8. The lowest BCUT2D eigenvalue weighted by Crippen LogP contribution is -2.43. The van der Waals surface area contributed by atoms with Crippen molar-refractivity contribution in [2.45, 2.75) is 44.5 Å². The quantitative estimate of drug-likeness (QED) is 0.173. The van der Waals surface area contributed by atoms with Crippen LogP contribution in [0, 0.1) is 0 Å². The molecule has 14 heteroatoms. The van der Waals surface area contributed by atoms with E-state index in [0.29, 0.717) is 0 Å². The van der Waals surface area contributed by atoms with Crippen LogP contribution in [0.1, 0.15) is 26.7 Å². The molecule has 0 aliphatic rings. The van der Waals surface area contributed by atoms with E-state index in [0.717, 1.165) is 11.8 Å². The maximum Gasteiger partial charge on any atom is 0.394 e. The zero-order valence-corrected chi connectivity index (χ0v) is 17.1. The molecular weight excluding hydrogens is 425 g/mol. The minimum absolute atomic E-state index is 0.113. The third-order valence-electron chi connectivity index (χ3n) is 3.12. The summed E-state index contributed by atoms with van der Waals surface area (Å²) in [4.78, 5) is 50.6. The zero-order chi connectivity index (χ0) is 22.0. The van der Waals surface area contributed by atoms with Gasteiger partial charge in [0.2, 0.25) is 5.91 Å². The number of nitrogens with one attached hydrogen (secondary N) is 1. The van der Waals surface area contributed by atoms with E-state index in [1.165, 1.54) is 13.8 Å². The summed E-state index contributed by atoms with van der Waals surface area (Å²) < 4.78 is 46.5. The van der Waals surface area contributed by atoms with Crippen molar-refractivity contribution < 1.29 is 47.0 Å². The van der Waals surface area contributed by atoms with Crippen molar-refractivity contribution in [1.29, 1.82) is 0 Å². The average molecular weight is 450 g/mol. The average Bonchev–Trinajstić information content (AvgIpc) is 2.54. The minimum atomic E-state index is -5.54. The van der Waals surface area contributed by atoms with Gasteiger partial charge in [0.1, 0.15) is 12.7 Å². The Morgan fingerprint density at radius 2 is 1.82 bits per heavy atom. The number of nitrogens with two attached hydrogens (primary N) is 1. The van der Waals surface area contributed by atoms with Crippen LogP contribution >= 0.6 is 19.4 Å². The van der Waals surface area contributed by atoms with E-state index in [1.807, 2.05) is 0 Å². The lowest BCUT2D eigenvalue weighted by Gasteiger charge is -2.18. The highest BCUT2D eigenvalue weighted by Crippen LogP contribution is 2.55. The molecule has 0 aromatic heterocycles. The molecule has 5 N–H and O–H groups in total. The number of rotatable bonds is 13. The highest BCUT2D eigenvalue weighted by Gasteiger charge is 2.47. The smallest absolute Gasteiger partial charge is 0.394 e. The van der Waals surface area contributed by atoms with Crippen molar-refractivity contribution in [3.8, 4) is 0 Å². The zero-order valence-electron chi connectivity index (χ0n) is 15.4. The standard InChI is InChI=1S/C14H25F2N2O8PS/c1-9(19)25-6-11(26-10(2)20)7-28-8-12(17)13(21)18-5-3-4-14(15,16)27(22,23)24/h11-12H,3-8,17H2,1-2H3,(H,18,21)(H2,22,23,24)/t11-,12+/m1/s1. The van der Waals surface area contributed by atoms with Crippen molar-refractivity contribution in [3.05, 3.63) is 0 Å². The monoisotopic (exact) mass is 450 g/mol. The van der Waals surface area contributed by atoms with Crippen LogP contribution in [0.3, 0.4) is 0 Å². The Balaban J connectivity index is 4.20. The molecule has 0 aliphatic heterocycles. The Labute approximate surface area is 165 Å². The van der Waals surface area contributed by atoms with Crippen LogP contribution in [0.25, 0.3) is 0 Å². The predicted molar refractivity (Wildman–Crippen MR) is 96.7 cm³/mol. The number of halogens is 2. The second-order valence-corrected chi connectivity index (χ2v) is 8.60. The summed E-state index contributed by atoms with van der Waals surface area (Å²) in [5.41, 5.74) is 1.52. The van der Waals surface area contributed by atoms with Gasteiger partial charge in [0.25, 0.3) is 0 Å². The summed E-state index contributed by atoms with van der Waals surface area (Å²) >= 11 is 1.16. The second-order valence-electron chi connectivity index (χ2n) is 5.78. The molecule has 0 aromatic rings. The van der Waals surface area contributed by atoms with Gasteiger partial charge in [-0.25, -0.2) is 0 Å². The normalized spacial score (nSPS) is 14.1. The molecule has 0 spiro atoms. The van der Waals surface area contributed by atoms with Gasteiger partial charge >= 0.3 is 25.2 Å². The van der Waals surface area contributed by atoms with Crippen LogP contribution in [-0.4, -0.2) is 70.1 Å². The molecule has 164 valence electrons. The maximum absolute atomic E-state index is 13.1. The largest absolute Gasteiger partial charge is 0.462 e. The molecule has 10 nitrogen and oxygen atoms in total. The third-order valence-corrected chi connectivity index (χ3v) is 5.40. The van der Waals surface area contributed by atoms with Crippen LogP contribution in [0.5, 0.6) is 0 Å². The van der Waals surface area contributed by atoms with Gasteiger partial charge in [-0.15, -0.1) is 0 Å². The van der Waals surface area contributed by atoms with E-state index >= 15 is 0 Å². The van der Waals surface area contributed by atoms with E-state index in [9.17, 15) is 27.7 Å². The Hall–Kier alpha value is -1.27. The van der Waals surface area contributed by atoms with Gasteiger partial charge in [0, 0.05) is 38.3 Å². The van der Waals surface area contributed by atoms with Crippen LogP contribution in [0.4, 0.5) is 8.78 Å². The van der Waals surface area contributed by atoms with Gasteiger partial charge in [-0.1, -0.05) is 0 Å².